The molecule has 1 aliphatic heterocycles. The van der Waals surface area contributed by atoms with Crippen molar-refractivity contribution in [3.8, 4) is 17.2 Å². The Labute approximate surface area is 271 Å². The first kappa shape index (κ1) is 31.8. The summed E-state index contributed by atoms with van der Waals surface area (Å²) in [6, 6.07) is 16.4. The third-order valence-corrected chi connectivity index (χ3v) is 8.30. The molecule has 1 aromatic heterocycles. The van der Waals surface area contributed by atoms with Crippen molar-refractivity contribution in [1.82, 2.24) is 4.57 Å². The normalized spacial score (nSPS) is 14.4. The number of thiazole rings is 1. The molecule has 5 rings (SSSR count). The number of methoxy groups -OCH3 is 2. The number of hydrogen-bond acceptors (Lipinski definition) is 9. The monoisotopic (exact) mass is 668 g/mol. The van der Waals surface area contributed by atoms with Gasteiger partial charge in [-0.3, -0.25) is 9.36 Å². The van der Waals surface area contributed by atoms with Gasteiger partial charge < -0.3 is 24.1 Å². The topological polar surface area (TPSA) is 126 Å². The molecule has 0 spiro atoms. The van der Waals surface area contributed by atoms with Crippen LogP contribution in [-0.4, -0.2) is 49.0 Å². The molecule has 3 aromatic carbocycles. The van der Waals surface area contributed by atoms with Crippen LogP contribution in [0.25, 0.3) is 11.8 Å². The number of carbonyl (C=O) groups excluding carboxylic acids is 1. The number of ether oxygens (including phenoxy) is 4. The molecule has 0 bridgehead atoms. The van der Waals surface area contributed by atoms with Crippen LogP contribution in [0.5, 0.6) is 17.2 Å². The molecule has 4 aromatic rings. The zero-order valence-corrected chi connectivity index (χ0v) is 26.5. The average molecular weight is 670 g/mol. The molecule has 0 radical (unpaired) electrons. The fraction of sp³-hybridized carbons (Fsp3) is 0.188. The molecular weight excluding hydrogens is 643 g/mol. The standard InChI is InChI=1S/C32H26Cl2N2O8S/c1-4-43-31(40)26-27(18-8-6-5-7-9-18)35-32-36(28(26)19-10-11-22(41-2)23(15-19)42-3)30(39)24(45-32)14-17-12-20(33)29(21(34)13-17)44-16-25(37)38/h5-15,28H,4,16H2,1-3H3,(H,37,38)/b24-14-/t28-/m0/s1. The SMILES string of the molecule is CCOC(=O)C1=C(c2ccccc2)N=c2s/c(=C\c3cc(Cl)c(OCC(=O)O)c(Cl)c3)c(=O)n2[C@H]1c1ccc(OC)c(OC)c1. The number of rotatable bonds is 10. The number of aromatic nitrogens is 1. The Morgan fingerprint density at radius 1 is 1.02 bits per heavy atom. The Morgan fingerprint density at radius 3 is 2.33 bits per heavy atom. The van der Waals surface area contributed by atoms with Crippen molar-refractivity contribution in [3.05, 3.63) is 113 Å². The van der Waals surface area contributed by atoms with E-state index in [9.17, 15) is 14.4 Å². The molecule has 0 aliphatic carbocycles. The van der Waals surface area contributed by atoms with Gasteiger partial charge in [-0.1, -0.05) is 70.9 Å². The minimum atomic E-state index is -1.19. The first-order valence-electron chi connectivity index (χ1n) is 13.5. The lowest BCUT2D eigenvalue weighted by atomic mass is 9.93. The number of hydrogen-bond donors (Lipinski definition) is 1. The van der Waals surface area contributed by atoms with E-state index < -0.39 is 30.1 Å². The molecular formula is C32H26Cl2N2O8S. The van der Waals surface area contributed by atoms with Gasteiger partial charge in [-0.05, 0) is 48.4 Å². The van der Waals surface area contributed by atoms with Crippen LogP contribution in [0.1, 0.15) is 29.7 Å². The van der Waals surface area contributed by atoms with Crippen molar-refractivity contribution in [2.45, 2.75) is 13.0 Å². The second-order valence-electron chi connectivity index (χ2n) is 9.54. The molecule has 1 N–H and O–H groups in total. The third kappa shape index (κ3) is 6.46. The van der Waals surface area contributed by atoms with Crippen molar-refractivity contribution < 1.29 is 33.6 Å². The molecule has 0 unspecified atom stereocenters. The maximum atomic E-state index is 14.2. The molecule has 0 saturated carbocycles. The molecule has 45 heavy (non-hydrogen) atoms. The number of esters is 1. The van der Waals surface area contributed by atoms with Crippen LogP contribution in [0.4, 0.5) is 0 Å². The van der Waals surface area contributed by atoms with E-state index in [4.69, 9.17) is 52.2 Å². The zero-order valence-electron chi connectivity index (χ0n) is 24.2. The molecule has 1 aliphatic rings. The highest BCUT2D eigenvalue weighted by Crippen LogP contribution is 2.39. The molecule has 2 heterocycles. The number of carbonyl (C=O) groups is 2. The highest BCUT2D eigenvalue weighted by molar-refractivity contribution is 7.07. The lowest BCUT2D eigenvalue weighted by Gasteiger charge is -2.26. The van der Waals surface area contributed by atoms with Gasteiger partial charge in [0.2, 0.25) is 0 Å². The van der Waals surface area contributed by atoms with Crippen molar-refractivity contribution in [3.63, 3.8) is 0 Å². The number of carboxylic acids is 1. The van der Waals surface area contributed by atoms with Gasteiger partial charge >= 0.3 is 11.9 Å². The summed E-state index contributed by atoms with van der Waals surface area (Å²) in [6.45, 7) is 1.19. The molecule has 0 amide bonds. The summed E-state index contributed by atoms with van der Waals surface area (Å²) in [6.07, 6.45) is 1.59. The van der Waals surface area contributed by atoms with Gasteiger partial charge in [0.25, 0.3) is 5.56 Å². The lowest BCUT2D eigenvalue weighted by Crippen LogP contribution is -2.40. The van der Waals surface area contributed by atoms with Gasteiger partial charge in [0.05, 0.1) is 52.7 Å². The molecule has 232 valence electrons. The van der Waals surface area contributed by atoms with Crippen molar-refractivity contribution in [1.29, 1.82) is 0 Å². The number of aliphatic carboxylic acids is 1. The van der Waals surface area contributed by atoms with Crippen molar-refractivity contribution in [2.75, 3.05) is 27.4 Å². The van der Waals surface area contributed by atoms with Crippen LogP contribution >= 0.6 is 34.5 Å². The number of fused-ring (bicyclic) bond motifs is 1. The van der Waals surface area contributed by atoms with E-state index in [1.165, 1.54) is 30.9 Å². The van der Waals surface area contributed by atoms with E-state index in [2.05, 4.69) is 0 Å². The smallest absolute Gasteiger partial charge is 0.341 e. The third-order valence-electron chi connectivity index (χ3n) is 6.76. The van der Waals surface area contributed by atoms with Crippen molar-refractivity contribution >= 4 is 58.3 Å². The van der Waals surface area contributed by atoms with E-state index in [1.807, 2.05) is 30.3 Å². The number of nitrogens with zero attached hydrogens (tertiary/aromatic N) is 2. The second-order valence-corrected chi connectivity index (χ2v) is 11.4. The number of halogens is 2. The van der Waals surface area contributed by atoms with Crippen LogP contribution in [0.15, 0.2) is 76.0 Å². The minimum Gasteiger partial charge on any atom is -0.493 e. The quantitative estimate of drug-likeness (QED) is 0.241. The van der Waals surface area contributed by atoms with Gasteiger partial charge in [0.1, 0.15) is 0 Å². The first-order chi connectivity index (χ1) is 21.7. The fourth-order valence-electron chi connectivity index (χ4n) is 4.86. The predicted molar refractivity (Wildman–Crippen MR) is 170 cm³/mol. The maximum Gasteiger partial charge on any atom is 0.341 e. The Bertz CT molecular complexity index is 1980. The second kappa shape index (κ2) is 13.6. The summed E-state index contributed by atoms with van der Waals surface area (Å²) in [5.41, 5.74) is 1.82. The van der Waals surface area contributed by atoms with E-state index in [0.717, 1.165) is 11.3 Å². The minimum absolute atomic E-state index is 0.0133. The molecule has 13 heteroatoms. The Morgan fingerprint density at radius 2 is 1.71 bits per heavy atom. The van der Waals surface area contributed by atoms with Gasteiger partial charge in [-0.25, -0.2) is 14.6 Å². The molecule has 1 atom stereocenters. The fourth-order valence-corrected chi connectivity index (χ4v) is 6.48. The van der Waals surface area contributed by atoms with E-state index >= 15 is 0 Å². The average Bonchev–Trinajstić information content (AvgIpc) is 3.33. The van der Waals surface area contributed by atoms with Crippen LogP contribution in [0, 0.1) is 0 Å². The number of benzene rings is 3. The summed E-state index contributed by atoms with van der Waals surface area (Å²) in [7, 11) is 3.01. The van der Waals surface area contributed by atoms with E-state index in [-0.39, 0.29) is 32.5 Å². The van der Waals surface area contributed by atoms with Gasteiger partial charge in [-0.2, -0.15) is 0 Å². The Hall–Kier alpha value is -4.58. The van der Waals surface area contributed by atoms with Gasteiger partial charge in [-0.15, -0.1) is 0 Å². The largest absolute Gasteiger partial charge is 0.493 e. The summed E-state index contributed by atoms with van der Waals surface area (Å²) >= 11 is 13.8. The van der Waals surface area contributed by atoms with Gasteiger partial charge in [0.15, 0.2) is 28.7 Å². The Kier molecular flexibility index (Phi) is 9.62. The van der Waals surface area contributed by atoms with Crippen LogP contribution in [-0.2, 0) is 14.3 Å². The summed E-state index contributed by atoms with van der Waals surface area (Å²) in [4.78, 5) is 43.9. The predicted octanol–water partition coefficient (Wildman–Crippen LogP) is 4.72. The highest BCUT2D eigenvalue weighted by atomic mass is 35.5. The summed E-state index contributed by atoms with van der Waals surface area (Å²) < 4.78 is 23.4. The summed E-state index contributed by atoms with van der Waals surface area (Å²) in [5.74, 6) is -0.909. The van der Waals surface area contributed by atoms with Crippen LogP contribution < -0.4 is 29.1 Å². The van der Waals surface area contributed by atoms with Crippen molar-refractivity contribution in [2.24, 2.45) is 4.99 Å². The Balaban J connectivity index is 1.77. The van der Waals surface area contributed by atoms with Gasteiger partial charge in [0, 0.05) is 5.56 Å². The van der Waals surface area contributed by atoms with Crippen LogP contribution in [0.2, 0.25) is 10.0 Å². The summed E-state index contributed by atoms with van der Waals surface area (Å²) in [5, 5.41) is 9.09. The molecule has 0 fully saturated rings. The maximum absolute atomic E-state index is 14.2. The highest BCUT2D eigenvalue weighted by Gasteiger charge is 2.35. The lowest BCUT2D eigenvalue weighted by molar-refractivity contribution is -0.140. The zero-order chi connectivity index (χ0) is 32.2. The van der Waals surface area contributed by atoms with Crippen LogP contribution in [0.3, 0.4) is 0 Å². The molecule has 10 nitrogen and oxygen atoms in total. The van der Waals surface area contributed by atoms with E-state index in [1.54, 1.807) is 31.2 Å². The van der Waals surface area contributed by atoms with E-state index in [0.29, 0.717) is 38.7 Å². The first-order valence-corrected chi connectivity index (χ1v) is 15.1. The molecule has 0 saturated heterocycles. The number of carboxylic acid groups (broad SMARTS) is 1.